The minimum absolute atomic E-state index is 0.108. The van der Waals surface area contributed by atoms with E-state index in [2.05, 4.69) is 24.1 Å². The van der Waals surface area contributed by atoms with E-state index in [9.17, 15) is 4.79 Å². The van der Waals surface area contributed by atoms with Gasteiger partial charge in [-0.3, -0.25) is 4.79 Å². The minimum Gasteiger partial charge on any atom is -0.497 e. The van der Waals surface area contributed by atoms with Crippen LogP contribution in [0.2, 0.25) is 0 Å². The monoisotopic (exact) mass is 350 g/mol. The van der Waals surface area contributed by atoms with Crippen molar-refractivity contribution in [3.63, 3.8) is 0 Å². The molecular weight excluding hydrogens is 320 g/mol. The number of amides is 1. The first-order valence-corrected chi connectivity index (χ1v) is 9.81. The Bertz CT molecular complexity index is 497. The van der Waals surface area contributed by atoms with Gasteiger partial charge in [0.25, 0.3) is 0 Å². The number of carbonyl (C=O) groups excluding carboxylic acids is 1. The third-order valence-electron chi connectivity index (χ3n) is 4.35. The molecular formula is C19H30N2O2S. The molecule has 1 heterocycles. The SMILES string of the molecule is COc1ccc(SCC(=O)NCCCN2C[C@@H](C)C[C@H](C)C2)cc1. The molecule has 0 unspecified atom stereocenters. The number of piperidine rings is 1. The van der Waals surface area contributed by atoms with Crippen LogP contribution in [0.15, 0.2) is 29.2 Å². The van der Waals surface area contributed by atoms with Crippen LogP contribution in [0, 0.1) is 11.8 Å². The highest BCUT2D eigenvalue weighted by atomic mass is 32.2. The number of nitrogens with zero attached hydrogens (tertiary/aromatic N) is 1. The van der Waals surface area contributed by atoms with E-state index in [0.717, 1.165) is 42.0 Å². The van der Waals surface area contributed by atoms with Crippen molar-refractivity contribution in [2.45, 2.75) is 31.6 Å². The molecule has 1 N–H and O–H groups in total. The zero-order valence-corrected chi connectivity index (χ0v) is 15.9. The zero-order valence-electron chi connectivity index (χ0n) is 15.1. The number of rotatable bonds is 8. The first-order chi connectivity index (χ1) is 11.6. The first kappa shape index (κ1) is 19.1. The van der Waals surface area contributed by atoms with Crippen molar-refractivity contribution >= 4 is 17.7 Å². The maximum absolute atomic E-state index is 11.9. The summed E-state index contributed by atoms with van der Waals surface area (Å²) >= 11 is 1.56. The molecule has 1 saturated heterocycles. The van der Waals surface area contributed by atoms with Crippen molar-refractivity contribution in [2.75, 3.05) is 39.0 Å². The van der Waals surface area contributed by atoms with Crippen molar-refractivity contribution < 1.29 is 9.53 Å². The fourth-order valence-corrected chi connectivity index (χ4v) is 4.11. The van der Waals surface area contributed by atoms with Gasteiger partial charge in [0.2, 0.25) is 5.91 Å². The molecule has 0 spiro atoms. The molecule has 2 rings (SSSR count). The summed E-state index contributed by atoms with van der Waals surface area (Å²) in [5.74, 6) is 3.00. The Morgan fingerprint density at radius 3 is 2.54 bits per heavy atom. The highest BCUT2D eigenvalue weighted by Crippen LogP contribution is 2.21. The van der Waals surface area contributed by atoms with Crippen molar-refractivity contribution in [1.29, 1.82) is 0 Å². The largest absolute Gasteiger partial charge is 0.497 e. The van der Waals surface area contributed by atoms with E-state index in [4.69, 9.17) is 4.74 Å². The van der Waals surface area contributed by atoms with Crippen LogP contribution in [0.25, 0.3) is 0 Å². The Kier molecular flexibility index (Phi) is 7.92. The van der Waals surface area contributed by atoms with E-state index in [1.807, 2.05) is 24.3 Å². The maximum Gasteiger partial charge on any atom is 0.230 e. The number of ether oxygens (including phenoxy) is 1. The third-order valence-corrected chi connectivity index (χ3v) is 5.36. The zero-order chi connectivity index (χ0) is 17.4. The molecule has 1 aromatic carbocycles. The standard InChI is InChI=1S/C19H30N2O2S/c1-15-11-16(2)13-21(12-15)10-4-9-20-19(22)14-24-18-7-5-17(23-3)6-8-18/h5-8,15-16H,4,9-14H2,1-3H3,(H,20,22)/t15-,16-/m0/s1. The number of methoxy groups -OCH3 is 1. The molecule has 5 heteroatoms. The average molecular weight is 351 g/mol. The number of nitrogens with one attached hydrogen (secondary N) is 1. The van der Waals surface area contributed by atoms with Gasteiger partial charge in [-0.25, -0.2) is 0 Å². The lowest BCUT2D eigenvalue weighted by Gasteiger charge is -2.34. The molecule has 24 heavy (non-hydrogen) atoms. The fourth-order valence-electron chi connectivity index (χ4n) is 3.38. The summed E-state index contributed by atoms with van der Waals surface area (Å²) in [5.41, 5.74) is 0. The van der Waals surface area contributed by atoms with Crippen molar-refractivity contribution in [3.8, 4) is 5.75 Å². The van der Waals surface area contributed by atoms with Gasteiger partial charge < -0.3 is 15.0 Å². The van der Waals surface area contributed by atoms with Crippen LogP contribution in [0.1, 0.15) is 26.7 Å². The molecule has 4 nitrogen and oxygen atoms in total. The van der Waals surface area contributed by atoms with Crippen LogP contribution in [0.3, 0.4) is 0 Å². The summed E-state index contributed by atoms with van der Waals surface area (Å²) in [5, 5.41) is 3.03. The Morgan fingerprint density at radius 1 is 1.25 bits per heavy atom. The molecule has 0 bridgehead atoms. The highest BCUT2D eigenvalue weighted by molar-refractivity contribution is 8.00. The van der Waals surface area contributed by atoms with E-state index in [0.29, 0.717) is 5.75 Å². The second kappa shape index (κ2) is 9.94. The normalized spacial score (nSPS) is 21.5. The summed E-state index contributed by atoms with van der Waals surface area (Å²) in [6.45, 7) is 8.92. The topological polar surface area (TPSA) is 41.6 Å². The van der Waals surface area contributed by atoms with E-state index in [-0.39, 0.29) is 5.91 Å². The van der Waals surface area contributed by atoms with E-state index >= 15 is 0 Å². The molecule has 0 saturated carbocycles. The van der Waals surface area contributed by atoms with Gasteiger partial charge >= 0.3 is 0 Å². The number of thioether (sulfide) groups is 1. The van der Waals surface area contributed by atoms with E-state index in [1.54, 1.807) is 18.9 Å². The number of benzene rings is 1. The van der Waals surface area contributed by atoms with Gasteiger partial charge in [0, 0.05) is 24.5 Å². The summed E-state index contributed by atoms with van der Waals surface area (Å²) < 4.78 is 5.13. The molecule has 1 aliphatic rings. The molecule has 134 valence electrons. The average Bonchev–Trinajstić information content (AvgIpc) is 2.56. The predicted octanol–water partition coefficient (Wildman–Crippen LogP) is 3.27. The van der Waals surface area contributed by atoms with Gasteiger partial charge in [0.1, 0.15) is 5.75 Å². The van der Waals surface area contributed by atoms with Crippen molar-refractivity contribution in [2.24, 2.45) is 11.8 Å². The lowest BCUT2D eigenvalue weighted by Crippen LogP contribution is -2.40. The number of carbonyl (C=O) groups is 1. The number of likely N-dealkylation sites (tertiary alicyclic amines) is 1. The van der Waals surface area contributed by atoms with Gasteiger partial charge in [0.05, 0.1) is 12.9 Å². The lowest BCUT2D eigenvalue weighted by atomic mass is 9.92. The van der Waals surface area contributed by atoms with Crippen LogP contribution >= 0.6 is 11.8 Å². The third kappa shape index (κ3) is 6.73. The second-order valence-electron chi connectivity index (χ2n) is 6.87. The summed E-state index contributed by atoms with van der Waals surface area (Å²) in [6.07, 6.45) is 2.37. The minimum atomic E-state index is 0.108. The van der Waals surface area contributed by atoms with Crippen molar-refractivity contribution in [1.82, 2.24) is 10.2 Å². The van der Waals surface area contributed by atoms with E-state index in [1.165, 1.54) is 19.5 Å². The molecule has 2 atom stereocenters. The smallest absolute Gasteiger partial charge is 0.230 e. The van der Waals surface area contributed by atoms with Gasteiger partial charge in [0.15, 0.2) is 0 Å². The molecule has 1 aromatic rings. The summed E-state index contributed by atoms with van der Waals surface area (Å²) in [7, 11) is 1.65. The Balaban J connectivity index is 1.57. The lowest BCUT2D eigenvalue weighted by molar-refractivity contribution is -0.118. The first-order valence-electron chi connectivity index (χ1n) is 8.82. The Labute approximate surface area is 150 Å². The molecule has 0 aliphatic carbocycles. The van der Waals surface area contributed by atoms with E-state index < -0.39 is 0 Å². The summed E-state index contributed by atoms with van der Waals surface area (Å²) in [6, 6.07) is 7.80. The molecule has 1 aliphatic heterocycles. The maximum atomic E-state index is 11.9. The number of hydrogen-bond acceptors (Lipinski definition) is 4. The molecule has 0 aromatic heterocycles. The quantitative estimate of drug-likeness (QED) is 0.577. The Hall–Kier alpha value is -1.20. The van der Waals surface area contributed by atoms with Gasteiger partial charge in [-0.1, -0.05) is 13.8 Å². The molecule has 1 amide bonds. The summed E-state index contributed by atoms with van der Waals surface area (Å²) in [4.78, 5) is 15.5. The van der Waals surface area contributed by atoms with Crippen LogP contribution in [0.5, 0.6) is 5.75 Å². The van der Waals surface area contributed by atoms with Gasteiger partial charge in [-0.05, 0) is 55.5 Å². The Morgan fingerprint density at radius 2 is 1.92 bits per heavy atom. The van der Waals surface area contributed by atoms with Gasteiger partial charge in [-0.15, -0.1) is 11.8 Å². The van der Waals surface area contributed by atoms with Crippen LogP contribution in [-0.4, -0.2) is 49.8 Å². The number of hydrogen-bond donors (Lipinski definition) is 1. The van der Waals surface area contributed by atoms with Gasteiger partial charge in [-0.2, -0.15) is 0 Å². The molecule has 0 radical (unpaired) electrons. The molecule has 1 fully saturated rings. The predicted molar refractivity (Wildman–Crippen MR) is 101 cm³/mol. The van der Waals surface area contributed by atoms with Crippen LogP contribution in [-0.2, 0) is 4.79 Å². The van der Waals surface area contributed by atoms with Crippen LogP contribution in [0.4, 0.5) is 0 Å². The van der Waals surface area contributed by atoms with Crippen molar-refractivity contribution in [3.05, 3.63) is 24.3 Å². The highest BCUT2D eigenvalue weighted by Gasteiger charge is 2.20. The fraction of sp³-hybridized carbons (Fsp3) is 0.632. The second-order valence-corrected chi connectivity index (χ2v) is 7.92. The van der Waals surface area contributed by atoms with Crippen LogP contribution < -0.4 is 10.1 Å².